The van der Waals surface area contributed by atoms with Crippen LogP contribution in [-0.2, 0) is 4.79 Å². The van der Waals surface area contributed by atoms with Crippen LogP contribution in [0.2, 0.25) is 5.02 Å². The van der Waals surface area contributed by atoms with Crippen molar-refractivity contribution in [2.75, 3.05) is 7.05 Å². The van der Waals surface area contributed by atoms with Gasteiger partial charge in [-0.2, -0.15) is 0 Å². The van der Waals surface area contributed by atoms with E-state index in [-0.39, 0.29) is 17.4 Å². The van der Waals surface area contributed by atoms with E-state index in [2.05, 4.69) is 26.8 Å². The molecule has 162 valence electrons. The SMILES string of the molecule is CC1C=C2N(C)C(=O)CC[C@]2(C)[C@@H]2CC[C@]3(C)CC(Oc4ccc(Cl)cc4)C[C@H]3[C@H]12. The van der Waals surface area contributed by atoms with Crippen molar-refractivity contribution in [3.05, 3.63) is 41.1 Å². The summed E-state index contributed by atoms with van der Waals surface area (Å²) in [6.45, 7) is 7.32. The third kappa shape index (κ3) is 3.03. The number of nitrogens with zero attached hydrogens (tertiary/aromatic N) is 1. The minimum atomic E-state index is 0.135. The van der Waals surface area contributed by atoms with E-state index in [4.69, 9.17) is 16.3 Å². The Morgan fingerprint density at radius 1 is 1.13 bits per heavy atom. The van der Waals surface area contributed by atoms with Crippen molar-refractivity contribution in [3.63, 3.8) is 0 Å². The average molecular weight is 428 g/mol. The number of benzene rings is 1. The second-order valence-electron chi connectivity index (χ2n) is 10.9. The molecule has 7 atom stereocenters. The van der Waals surface area contributed by atoms with Crippen LogP contribution in [0.5, 0.6) is 5.75 Å². The molecule has 5 rings (SSSR count). The lowest BCUT2D eigenvalue weighted by atomic mass is 9.48. The van der Waals surface area contributed by atoms with E-state index in [0.717, 1.165) is 30.0 Å². The number of carbonyl (C=O) groups excluding carboxylic acids is 1. The van der Waals surface area contributed by atoms with E-state index in [1.54, 1.807) is 0 Å². The molecule has 0 bridgehead atoms. The maximum Gasteiger partial charge on any atom is 0.226 e. The molecule has 3 aliphatic carbocycles. The zero-order valence-corrected chi connectivity index (χ0v) is 19.4. The van der Waals surface area contributed by atoms with Gasteiger partial charge in [-0.1, -0.05) is 38.4 Å². The lowest BCUT2D eigenvalue weighted by Crippen LogP contribution is -2.54. The maximum absolute atomic E-state index is 12.4. The van der Waals surface area contributed by atoms with Gasteiger partial charge in [-0.25, -0.2) is 0 Å². The zero-order valence-electron chi connectivity index (χ0n) is 18.7. The highest BCUT2D eigenvalue weighted by molar-refractivity contribution is 6.30. The summed E-state index contributed by atoms with van der Waals surface area (Å²) in [5.74, 6) is 3.74. The molecular formula is C26H34ClNO2. The van der Waals surface area contributed by atoms with Gasteiger partial charge in [0.1, 0.15) is 5.75 Å². The number of ether oxygens (including phenoxy) is 1. The smallest absolute Gasteiger partial charge is 0.226 e. The quantitative estimate of drug-likeness (QED) is 0.552. The van der Waals surface area contributed by atoms with Crippen LogP contribution >= 0.6 is 11.6 Å². The maximum atomic E-state index is 12.4. The molecule has 3 fully saturated rings. The van der Waals surface area contributed by atoms with Crippen molar-refractivity contribution < 1.29 is 9.53 Å². The van der Waals surface area contributed by atoms with Gasteiger partial charge >= 0.3 is 0 Å². The summed E-state index contributed by atoms with van der Waals surface area (Å²) in [6.07, 6.45) is 9.23. The van der Waals surface area contributed by atoms with Gasteiger partial charge in [-0.05, 0) is 85.5 Å². The first-order valence-corrected chi connectivity index (χ1v) is 12.0. The van der Waals surface area contributed by atoms with Gasteiger partial charge in [0.05, 0.1) is 6.10 Å². The summed E-state index contributed by atoms with van der Waals surface area (Å²) in [6, 6.07) is 7.80. The number of carbonyl (C=O) groups is 1. The van der Waals surface area contributed by atoms with Crippen LogP contribution in [0.25, 0.3) is 0 Å². The summed E-state index contributed by atoms with van der Waals surface area (Å²) in [7, 11) is 1.98. The molecule has 2 unspecified atom stereocenters. The Kier molecular flexibility index (Phi) is 4.78. The molecule has 3 nitrogen and oxygen atoms in total. The van der Waals surface area contributed by atoms with E-state index in [1.807, 2.05) is 36.2 Å². The number of halogens is 1. The van der Waals surface area contributed by atoms with Crippen molar-refractivity contribution in [1.82, 2.24) is 4.90 Å². The minimum Gasteiger partial charge on any atom is -0.490 e. The first kappa shape index (κ1) is 20.4. The summed E-state index contributed by atoms with van der Waals surface area (Å²) in [4.78, 5) is 14.4. The van der Waals surface area contributed by atoms with Crippen molar-refractivity contribution in [2.24, 2.45) is 34.5 Å². The number of likely N-dealkylation sites (tertiary alicyclic amines) is 1. The van der Waals surface area contributed by atoms with Gasteiger partial charge < -0.3 is 9.64 Å². The van der Waals surface area contributed by atoms with Gasteiger partial charge in [-0.3, -0.25) is 4.79 Å². The van der Waals surface area contributed by atoms with Gasteiger partial charge in [0, 0.05) is 29.6 Å². The molecular weight excluding hydrogens is 394 g/mol. The number of hydrogen-bond donors (Lipinski definition) is 0. The molecule has 0 aromatic heterocycles. The average Bonchev–Trinajstić information content (AvgIpc) is 3.04. The molecule has 0 spiro atoms. The summed E-state index contributed by atoms with van der Waals surface area (Å²) >= 11 is 6.05. The third-order valence-corrected chi connectivity index (χ3v) is 9.46. The third-order valence-electron chi connectivity index (χ3n) is 9.20. The largest absolute Gasteiger partial charge is 0.490 e. The molecule has 0 N–H and O–H groups in total. The van der Waals surface area contributed by atoms with Gasteiger partial charge in [0.25, 0.3) is 0 Å². The van der Waals surface area contributed by atoms with E-state index in [9.17, 15) is 4.79 Å². The van der Waals surface area contributed by atoms with Crippen LogP contribution in [-0.4, -0.2) is 24.0 Å². The number of allylic oxidation sites excluding steroid dienone is 2. The van der Waals surface area contributed by atoms with E-state index >= 15 is 0 Å². The highest BCUT2D eigenvalue weighted by Crippen LogP contribution is 2.65. The first-order valence-electron chi connectivity index (χ1n) is 11.6. The predicted octanol–water partition coefficient (Wildman–Crippen LogP) is 6.32. The molecule has 1 amide bonds. The number of fused-ring (bicyclic) bond motifs is 5. The summed E-state index contributed by atoms with van der Waals surface area (Å²) in [5.41, 5.74) is 1.78. The van der Waals surface area contributed by atoms with E-state index < -0.39 is 0 Å². The number of rotatable bonds is 2. The molecule has 30 heavy (non-hydrogen) atoms. The van der Waals surface area contributed by atoms with Crippen LogP contribution < -0.4 is 4.74 Å². The molecule has 1 aromatic carbocycles. The molecule has 2 saturated carbocycles. The zero-order chi connectivity index (χ0) is 21.3. The van der Waals surface area contributed by atoms with Crippen molar-refractivity contribution >= 4 is 17.5 Å². The Morgan fingerprint density at radius 3 is 2.60 bits per heavy atom. The Balaban J connectivity index is 1.42. The van der Waals surface area contributed by atoms with Crippen LogP contribution in [0.4, 0.5) is 0 Å². The fourth-order valence-electron chi connectivity index (χ4n) is 7.68. The highest BCUT2D eigenvalue weighted by Gasteiger charge is 2.60. The Bertz CT molecular complexity index is 880. The number of amides is 1. The summed E-state index contributed by atoms with van der Waals surface area (Å²) < 4.78 is 6.44. The van der Waals surface area contributed by atoms with Crippen LogP contribution in [0.3, 0.4) is 0 Å². The van der Waals surface area contributed by atoms with E-state index in [0.29, 0.717) is 35.5 Å². The highest BCUT2D eigenvalue weighted by atomic mass is 35.5. The monoisotopic (exact) mass is 427 g/mol. The predicted molar refractivity (Wildman–Crippen MR) is 120 cm³/mol. The van der Waals surface area contributed by atoms with Crippen LogP contribution in [0.15, 0.2) is 36.0 Å². The number of piperidine rings is 1. The Hall–Kier alpha value is -1.48. The van der Waals surface area contributed by atoms with Crippen molar-refractivity contribution in [3.8, 4) is 5.75 Å². The second-order valence-corrected chi connectivity index (χ2v) is 11.3. The first-order chi connectivity index (χ1) is 14.2. The summed E-state index contributed by atoms with van der Waals surface area (Å²) in [5, 5.41) is 0.750. The number of hydrogen-bond acceptors (Lipinski definition) is 2. The topological polar surface area (TPSA) is 29.5 Å². The normalized spacial score (nSPS) is 42.8. The molecule has 4 aliphatic rings. The van der Waals surface area contributed by atoms with E-state index in [1.165, 1.54) is 18.5 Å². The fourth-order valence-corrected chi connectivity index (χ4v) is 7.80. The molecule has 4 heteroatoms. The Labute approximate surface area is 185 Å². The van der Waals surface area contributed by atoms with Gasteiger partial charge in [-0.15, -0.1) is 0 Å². The van der Waals surface area contributed by atoms with Gasteiger partial charge in [0.15, 0.2) is 0 Å². The molecule has 1 aromatic rings. The molecule has 1 heterocycles. The van der Waals surface area contributed by atoms with Crippen LogP contribution in [0.1, 0.15) is 59.3 Å². The minimum absolute atomic E-state index is 0.135. The standard InChI is InChI=1S/C26H34ClNO2/c1-16-13-22-26(3,12-10-23(29)28(22)4)20-9-11-25(2)15-19(14-21(25)24(16)20)30-18-7-5-17(27)6-8-18/h5-8,13,16,19-21,24H,9-12,14-15H2,1-4H3/t16?,19?,20-,21+,24-,25-,26-/m1/s1. The lowest BCUT2D eigenvalue weighted by molar-refractivity contribution is -0.136. The molecule has 1 aliphatic heterocycles. The van der Waals surface area contributed by atoms with Gasteiger partial charge in [0.2, 0.25) is 5.91 Å². The molecule has 1 saturated heterocycles. The second kappa shape index (κ2) is 7.02. The van der Waals surface area contributed by atoms with Crippen LogP contribution in [0, 0.1) is 34.5 Å². The van der Waals surface area contributed by atoms with Crippen molar-refractivity contribution in [1.29, 1.82) is 0 Å². The van der Waals surface area contributed by atoms with Crippen molar-refractivity contribution in [2.45, 2.75) is 65.4 Å². The molecule has 0 radical (unpaired) electrons. The fraction of sp³-hybridized carbons (Fsp3) is 0.654. The Morgan fingerprint density at radius 2 is 1.87 bits per heavy atom. The lowest BCUT2D eigenvalue weighted by Gasteiger charge is -2.59.